The van der Waals surface area contributed by atoms with Crippen LogP contribution in [0.3, 0.4) is 0 Å². The van der Waals surface area contributed by atoms with Crippen LogP contribution >= 0.6 is 0 Å². The lowest BCUT2D eigenvalue weighted by Gasteiger charge is -2.13. The van der Waals surface area contributed by atoms with Gasteiger partial charge in [0.25, 0.3) is 0 Å². The molecule has 18 heavy (non-hydrogen) atoms. The van der Waals surface area contributed by atoms with Crippen molar-refractivity contribution in [2.75, 3.05) is 13.1 Å². The summed E-state index contributed by atoms with van der Waals surface area (Å²) in [4.78, 5) is 22.3. The lowest BCUT2D eigenvalue weighted by atomic mass is 10.2. The number of urea groups is 1. The van der Waals surface area contributed by atoms with E-state index in [1.165, 1.54) is 0 Å². The minimum Gasteiger partial charge on any atom is -0.345 e. The summed E-state index contributed by atoms with van der Waals surface area (Å²) in [6.07, 6.45) is -0.544. The van der Waals surface area contributed by atoms with E-state index < -0.39 is 31.2 Å². The van der Waals surface area contributed by atoms with E-state index in [0.29, 0.717) is 0 Å². The van der Waals surface area contributed by atoms with Crippen molar-refractivity contribution in [1.29, 1.82) is 0 Å². The third-order valence-electron chi connectivity index (χ3n) is 2.59. The highest BCUT2D eigenvalue weighted by Gasteiger charge is 2.27. The standard InChI is InChI=1S/C10H16F3N3O2/c11-10(12,13)6-15-8(17)5-14-9(18)16-7-3-1-2-4-7/h7H,1-6H2,(H,15,17)(H2,14,16,18). The zero-order valence-corrected chi connectivity index (χ0v) is 9.77. The highest BCUT2D eigenvalue weighted by Crippen LogP contribution is 2.17. The van der Waals surface area contributed by atoms with E-state index in [1.807, 2.05) is 0 Å². The summed E-state index contributed by atoms with van der Waals surface area (Å²) in [5.74, 6) is -0.867. The van der Waals surface area contributed by atoms with Gasteiger partial charge in [-0.3, -0.25) is 4.79 Å². The molecule has 1 fully saturated rings. The van der Waals surface area contributed by atoms with Gasteiger partial charge in [-0.1, -0.05) is 12.8 Å². The predicted molar refractivity (Wildman–Crippen MR) is 57.9 cm³/mol. The quantitative estimate of drug-likeness (QED) is 0.708. The molecule has 1 saturated carbocycles. The predicted octanol–water partition coefficient (Wildman–Crippen LogP) is 0.907. The van der Waals surface area contributed by atoms with Crippen molar-refractivity contribution in [2.24, 2.45) is 0 Å². The van der Waals surface area contributed by atoms with E-state index in [0.717, 1.165) is 25.7 Å². The van der Waals surface area contributed by atoms with Crippen molar-refractivity contribution in [2.45, 2.75) is 37.9 Å². The zero-order chi connectivity index (χ0) is 13.6. The number of hydrogen-bond donors (Lipinski definition) is 3. The molecule has 8 heteroatoms. The summed E-state index contributed by atoms with van der Waals surface area (Å²) >= 11 is 0. The second kappa shape index (κ2) is 6.46. The van der Waals surface area contributed by atoms with Crippen molar-refractivity contribution in [3.8, 4) is 0 Å². The average Bonchev–Trinajstić information content (AvgIpc) is 2.75. The second-order valence-electron chi connectivity index (χ2n) is 4.20. The molecule has 0 bridgehead atoms. The van der Waals surface area contributed by atoms with Crippen molar-refractivity contribution in [3.63, 3.8) is 0 Å². The lowest BCUT2D eigenvalue weighted by molar-refractivity contribution is -0.137. The van der Waals surface area contributed by atoms with Gasteiger partial charge in [0.05, 0.1) is 6.54 Å². The van der Waals surface area contributed by atoms with Crippen LogP contribution in [0.4, 0.5) is 18.0 Å². The molecular formula is C10H16F3N3O2. The third-order valence-corrected chi connectivity index (χ3v) is 2.59. The molecule has 0 saturated heterocycles. The van der Waals surface area contributed by atoms with Crippen LogP contribution < -0.4 is 16.0 Å². The van der Waals surface area contributed by atoms with Crippen molar-refractivity contribution in [3.05, 3.63) is 0 Å². The molecule has 5 nitrogen and oxygen atoms in total. The van der Waals surface area contributed by atoms with Crippen molar-refractivity contribution >= 4 is 11.9 Å². The maximum Gasteiger partial charge on any atom is 0.405 e. The van der Waals surface area contributed by atoms with Crippen LogP contribution in [0.15, 0.2) is 0 Å². The molecule has 0 aliphatic heterocycles. The summed E-state index contributed by atoms with van der Waals surface area (Å²) in [5, 5.41) is 6.54. The Hall–Kier alpha value is -1.47. The smallest absolute Gasteiger partial charge is 0.345 e. The average molecular weight is 267 g/mol. The normalized spacial score (nSPS) is 16.4. The van der Waals surface area contributed by atoms with Gasteiger partial charge < -0.3 is 16.0 Å². The summed E-state index contributed by atoms with van der Waals surface area (Å²) in [6, 6.07) is -0.424. The Morgan fingerprint density at radius 2 is 1.72 bits per heavy atom. The number of alkyl halides is 3. The van der Waals surface area contributed by atoms with E-state index in [9.17, 15) is 22.8 Å². The van der Waals surface area contributed by atoms with Crippen molar-refractivity contribution in [1.82, 2.24) is 16.0 Å². The summed E-state index contributed by atoms with van der Waals surface area (Å²) in [6.45, 7) is -1.85. The van der Waals surface area contributed by atoms with Crippen LogP contribution in [-0.2, 0) is 4.79 Å². The number of rotatable bonds is 4. The Morgan fingerprint density at radius 1 is 1.11 bits per heavy atom. The third kappa shape index (κ3) is 6.31. The molecule has 0 spiro atoms. The van der Waals surface area contributed by atoms with E-state index in [-0.39, 0.29) is 6.04 Å². The fourth-order valence-corrected chi connectivity index (χ4v) is 1.73. The molecule has 0 heterocycles. The minimum absolute atomic E-state index is 0.100. The van der Waals surface area contributed by atoms with Gasteiger partial charge in [-0.05, 0) is 12.8 Å². The molecular weight excluding hydrogens is 251 g/mol. The number of hydrogen-bond acceptors (Lipinski definition) is 2. The number of amides is 3. The molecule has 0 aromatic carbocycles. The maximum absolute atomic E-state index is 11.8. The van der Waals surface area contributed by atoms with Gasteiger partial charge in [-0.25, -0.2) is 4.79 Å². The Bertz CT molecular complexity index is 301. The molecule has 0 aromatic heterocycles. The SMILES string of the molecule is O=C(CNC(=O)NC1CCCC1)NCC(F)(F)F. The zero-order valence-electron chi connectivity index (χ0n) is 9.77. The van der Waals surface area contributed by atoms with Gasteiger partial charge in [0.1, 0.15) is 6.54 Å². The monoisotopic (exact) mass is 267 g/mol. The molecule has 1 aliphatic carbocycles. The highest BCUT2D eigenvalue weighted by atomic mass is 19.4. The minimum atomic E-state index is -4.44. The Morgan fingerprint density at radius 3 is 2.28 bits per heavy atom. The van der Waals surface area contributed by atoms with Crippen LogP contribution in [-0.4, -0.2) is 37.2 Å². The van der Waals surface area contributed by atoms with Crippen molar-refractivity contribution < 1.29 is 22.8 Å². The highest BCUT2D eigenvalue weighted by molar-refractivity contribution is 5.83. The number of carbonyl (C=O) groups excluding carboxylic acids is 2. The van der Waals surface area contributed by atoms with Gasteiger partial charge in [0.2, 0.25) is 5.91 Å². The lowest BCUT2D eigenvalue weighted by Crippen LogP contribution is -2.46. The maximum atomic E-state index is 11.8. The summed E-state index contributed by atoms with van der Waals surface area (Å²) in [5.41, 5.74) is 0. The number of carbonyl (C=O) groups is 2. The molecule has 0 aromatic rings. The van der Waals surface area contributed by atoms with E-state index in [4.69, 9.17) is 0 Å². The Balaban J connectivity index is 2.11. The van der Waals surface area contributed by atoms with Gasteiger partial charge in [-0.15, -0.1) is 0 Å². The fourth-order valence-electron chi connectivity index (χ4n) is 1.73. The first-order chi connectivity index (χ1) is 8.37. The molecule has 3 N–H and O–H groups in total. The topological polar surface area (TPSA) is 70.2 Å². The van der Waals surface area contributed by atoms with Gasteiger partial charge in [0, 0.05) is 6.04 Å². The first kappa shape index (κ1) is 14.6. The molecule has 3 amide bonds. The fraction of sp³-hybridized carbons (Fsp3) is 0.800. The van der Waals surface area contributed by atoms with Gasteiger partial charge in [-0.2, -0.15) is 13.2 Å². The Labute approximate surface area is 102 Å². The molecule has 1 rings (SSSR count). The van der Waals surface area contributed by atoms with E-state index >= 15 is 0 Å². The molecule has 104 valence electrons. The van der Waals surface area contributed by atoms with Crippen LogP contribution in [0.25, 0.3) is 0 Å². The first-order valence-electron chi connectivity index (χ1n) is 5.74. The van der Waals surface area contributed by atoms with Crippen LogP contribution in [0.5, 0.6) is 0 Å². The molecule has 0 radical (unpaired) electrons. The Kier molecular flexibility index (Phi) is 5.24. The number of nitrogens with one attached hydrogen (secondary N) is 3. The van der Waals surface area contributed by atoms with Crippen LogP contribution in [0.2, 0.25) is 0 Å². The van der Waals surface area contributed by atoms with E-state index in [2.05, 4.69) is 10.6 Å². The number of halogens is 3. The molecule has 0 unspecified atom stereocenters. The molecule has 0 atom stereocenters. The second-order valence-corrected chi connectivity index (χ2v) is 4.20. The van der Waals surface area contributed by atoms with Crippen LogP contribution in [0.1, 0.15) is 25.7 Å². The van der Waals surface area contributed by atoms with Gasteiger partial charge in [0.15, 0.2) is 0 Å². The van der Waals surface area contributed by atoms with E-state index in [1.54, 1.807) is 5.32 Å². The van der Waals surface area contributed by atoms with Crippen LogP contribution in [0, 0.1) is 0 Å². The summed E-state index contributed by atoms with van der Waals surface area (Å²) < 4.78 is 35.3. The largest absolute Gasteiger partial charge is 0.405 e. The summed E-state index contributed by atoms with van der Waals surface area (Å²) in [7, 11) is 0. The van der Waals surface area contributed by atoms with Gasteiger partial charge >= 0.3 is 12.2 Å². The molecule has 1 aliphatic rings. The first-order valence-corrected chi connectivity index (χ1v) is 5.74.